The lowest BCUT2D eigenvalue weighted by Crippen LogP contribution is -2.50. The molecule has 4 heteroatoms. The van der Waals surface area contributed by atoms with Gasteiger partial charge in [-0.15, -0.1) is 0 Å². The molecular weight excluding hydrogens is 262 g/mol. The predicted octanol–water partition coefficient (Wildman–Crippen LogP) is 1.09. The molecule has 1 unspecified atom stereocenters. The second-order valence-electron chi connectivity index (χ2n) is 6.35. The number of aryl methyl sites for hydroxylation is 2. The van der Waals surface area contributed by atoms with Gasteiger partial charge in [-0.1, -0.05) is 18.2 Å². The van der Waals surface area contributed by atoms with Crippen LogP contribution in [0.15, 0.2) is 18.2 Å². The Morgan fingerprint density at radius 2 is 2.24 bits per heavy atom. The summed E-state index contributed by atoms with van der Waals surface area (Å²) in [6.45, 7) is 3.63. The molecule has 1 aromatic carbocycles. The molecular formula is C17H25N3O. The van der Waals surface area contributed by atoms with E-state index in [-0.39, 0.29) is 11.9 Å². The molecule has 114 valence electrons. The first kappa shape index (κ1) is 14.5. The second kappa shape index (κ2) is 6.58. The summed E-state index contributed by atoms with van der Waals surface area (Å²) in [6, 6.07) is 6.91. The Balaban J connectivity index is 1.47. The van der Waals surface area contributed by atoms with Gasteiger partial charge in [-0.3, -0.25) is 4.79 Å². The maximum absolute atomic E-state index is 12.1. The van der Waals surface area contributed by atoms with E-state index in [4.69, 9.17) is 0 Å². The molecule has 0 spiro atoms. The van der Waals surface area contributed by atoms with Gasteiger partial charge in [0.1, 0.15) is 0 Å². The average Bonchev–Trinajstić information content (AvgIpc) is 2.92. The third kappa shape index (κ3) is 3.83. The number of piperazine rings is 1. The molecule has 0 radical (unpaired) electrons. The predicted molar refractivity (Wildman–Crippen MR) is 84.2 cm³/mol. The highest BCUT2D eigenvalue weighted by atomic mass is 16.1. The van der Waals surface area contributed by atoms with E-state index in [0.717, 1.165) is 19.6 Å². The number of amides is 1. The van der Waals surface area contributed by atoms with Crippen molar-refractivity contribution in [2.75, 3.05) is 26.7 Å². The summed E-state index contributed by atoms with van der Waals surface area (Å²) in [5.74, 6) is 0.142. The smallest absolute Gasteiger partial charge is 0.221 e. The monoisotopic (exact) mass is 287 g/mol. The normalized spacial score (nSPS) is 22.0. The number of fused-ring (bicyclic) bond motifs is 1. The highest BCUT2D eigenvalue weighted by molar-refractivity contribution is 5.76. The molecule has 1 heterocycles. The summed E-state index contributed by atoms with van der Waals surface area (Å²) in [5.41, 5.74) is 4.18. The Hall–Kier alpha value is -1.39. The number of benzene rings is 1. The Kier molecular flexibility index (Phi) is 4.56. The van der Waals surface area contributed by atoms with Gasteiger partial charge in [0.25, 0.3) is 0 Å². The van der Waals surface area contributed by atoms with Gasteiger partial charge in [0.05, 0.1) is 0 Å². The number of nitrogens with zero attached hydrogens (tertiary/aromatic N) is 1. The minimum absolute atomic E-state index is 0.142. The van der Waals surface area contributed by atoms with Gasteiger partial charge in [0.2, 0.25) is 5.91 Å². The molecule has 1 aliphatic heterocycles. The Morgan fingerprint density at radius 3 is 3.10 bits per heavy atom. The summed E-state index contributed by atoms with van der Waals surface area (Å²) in [7, 11) is 2.11. The van der Waals surface area contributed by atoms with Crippen molar-refractivity contribution in [3.63, 3.8) is 0 Å². The molecule has 0 aromatic heterocycles. The molecule has 0 bridgehead atoms. The molecule has 2 aliphatic rings. The summed E-state index contributed by atoms with van der Waals surface area (Å²) in [5, 5.41) is 6.46. The number of carbonyl (C=O) groups excluding carboxylic acids is 1. The number of likely N-dealkylation sites (N-methyl/N-ethyl adjacent to an activating group) is 1. The van der Waals surface area contributed by atoms with E-state index in [2.05, 4.69) is 40.8 Å². The number of rotatable bonds is 4. The molecule has 4 nitrogen and oxygen atoms in total. The molecule has 1 atom stereocenters. The zero-order valence-corrected chi connectivity index (χ0v) is 12.8. The molecule has 1 aromatic rings. The maximum atomic E-state index is 12.1. The molecule has 3 rings (SSSR count). The molecule has 1 fully saturated rings. The first-order chi connectivity index (χ1) is 10.2. The van der Waals surface area contributed by atoms with Crippen LogP contribution in [0.5, 0.6) is 0 Å². The zero-order chi connectivity index (χ0) is 14.7. The van der Waals surface area contributed by atoms with Crippen molar-refractivity contribution in [3.8, 4) is 0 Å². The molecule has 0 saturated carbocycles. The molecule has 1 saturated heterocycles. The van der Waals surface area contributed by atoms with Crippen LogP contribution in [0.3, 0.4) is 0 Å². The van der Waals surface area contributed by atoms with Crippen LogP contribution in [0.4, 0.5) is 0 Å². The van der Waals surface area contributed by atoms with Gasteiger partial charge in [-0.05, 0) is 43.0 Å². The molecule has 1 aliphatic carbocycles. The number of hydrogen-bond donors (Lipinski definition) is 2. The average molecular weight is 287 g/mol. The van der Waals surface area contributed by atoms with Crippen LogP contribution in [0.25, 0.3) is 0 Å². The van der Waals surface area contributed by atoms with Gasteiger partial charge < -0.3 is 15.5 Å². The van der Waals surface area contributed by atoms with Crippen LogP contribution in [0.2, 0.25) is 0 Å². The maximum Gasteiger partial charge on any atom is 0.221 e. The molecule has 21 heavy (non-hydrogen) atoms. The van der Waals surface area contributed by atoms with E-state index in [1.165, 1.54) is 36.0 Å². The Morgan fingerprint density at radius 1 is 1.38 bits per heavy atom. The summed E-state index contributed by atoms with van der Waals surface area (Å²) in [6.07, 6.45) is 4.24. The zero-order valence-electron chi connectivity index (χ0n) is 12.8. The minimum Gasteiger partial charge on any atom is -0.352 e. The van der Waals surface area contributed by atoms with E-state index >= 15 is 0 Å². The van der Waals surface area contributed by atoms with E-state index in [1.54, 1.807) is 0 Å². The summed E-state index contributed by atoms with van der Waals surface area (Å²) >= 11 is 0. The minimum atomic E-state index is 0.142. The van der Waals surface area contributed by atoms with Gasteiger partial charge in [0, 0.05) is 38.6 Å². The van der Waals surface area contributed by atoms with Crippen molar-refractivity contribution in [3.05, 3.63) is 34.9 Å². The fourth-order valence-corrected chi connectivity index (χ4v) is 3.36. The van der Waals surface area contributed by atoms with Crippen LogP contribution < -0.4 is 10.6 Å². The Labute approximate surface area is 126 Å². The fourth-order valence-electron chi connectivity index (χ4n) is 3.36. The second-order valence-corrected chi connectivity index (χ2v) is 6.35. The summed E-state index contributed by atoms with van der Waals surface area (Å²) in [4.78, 5) is 14.3. The van der Waals surface area contributed by atoms with E-state index < -0.39 is 0 Å². The Bertz CT molecular complexity index is 515. The highest BCUT2D eigenvalue weighted by Gasteiger charge is 2.19. The van der Waals surface area contributed by atoms with Crippen LogP contribution in [-0.2, 0) is 24.2 Å². The van der Waals surface area contributed by atoms with Crippen molar-refractivity contribution in [1.29, 1.82) is 0 Å². The van der Waals surface area contributed by atoms with Crippen LogP contribution >= 0.6 is 0 Å². The number of nitrogens with one attached hydrogen (secondary N) is 2. The highest BCUT2D eigenvalue weighted by Crippen LogP contribution is 2.22. The SMILES string of the molecule is CN1CCNC(CC(=O)NCc2ccc3c(c2)CCC3)C1. The third-order valence-corrected chi connectivity index (χ3v) is 4.54. The van der Waals surface area contributed by atoms with Crippen molar-refractivity contribution < 1.29 is 4.79 Å². The van der Waals surface area contributed by atoms with E-state index in [0.29, 0.717) is 13.0 Å². The van der Waals surface area contributed by atoms with Crippen LogP contribution in [-0.4, -0.2) is 43.5 Å². The first-order valence-electron chi connectivity index (χ1n) is 8.00. The quantitative estimate of drug-likeness (QED) is 0.871. The lowest BCUT2D eigenvalue weighted by molar-refractivity contribution is -0.121. The lowest BCUT2D eigenvalue weighted by atomic mass is 10.1. The third-order valence-electron chi connectivity index (χ3n) is 4.54. The van der Waals surface area contributed by atoms with E-state index in [9.17, 15) is 4.79 Å². The number of carbonyl (C=O) groups is 1. The van der Waals surface area contributed by atoms with Gasteiger partial charge in [-0.25, -0.2) is 0 Å². The van der Waals surface area contributed by atoms with Crippen molar-refractivity contribution in [2.45, 2.75) is 38.3 Å². The van der Waals surface area contributed by atoms with Crippen LogP contribution in [0, 0.1) is 0 Å². The largest absolute Gasteiger partial charge is 0.352 e. The topological polar surface area (TPSA) is 44.4 Å². The van der Waals surface area contributed by atoms with Gasteiger partial charge >= 0.3 is 0 Å². The van der Waals surface area contributed by atoms with Crippen LogP contribution in [0.1, 0.15) is 29.5 Å². The first-order valence-corrected chi connectivity index (χ1v) is 8.00. The standard InChI is InChI=1S/C17H25N3O/c1-20-8-7-18-16(12-20)10-17(21)19-11-13-5-6-14-3-2-4-15(14)9-13/h5-6,9,16,18H,2-4,7-8,10-12H2,1H3,(H,19,21). The fraction of sp³-hybridized carbons (Fsp3) is 0.588. The van der Waals surface area contributed by atoms with Gasteiger partial charge in [-0.2, -0.15) is 0 Å². The van der Waals surface area contributed by atoms with Gasteiger partial charge in [0.15, 0.2) is 0 Å². The lowest BCUT2D eigenvalue weighted by Gasteiger charge is -2.30. The molecule has 2 N–H and O–H groups in total. The van der Waals surface area contributed by atoms with Crippen molar-refractivity contribution >= 4 is 5.91 Å². The van der Waals surface area contributed by atoms with Crippen molar-refractivity contribution in [1.82, 2.24) is 15.5 Å². The number of hydrogen-bond acceptors (Lipinski definition) is 3. The summed E-state index contributed by atoms with van der Waals surface area (Å²) < 4.78 is 0. The molecule has 1 amide bonds. The van der Waals surface area contributed by atoms with E-state index in [1.807, 2.05) is 0 Å². The van der Waals surface area contributed by atoms with Crippen molar-refractivity contribution in [2.24, 2.45) is 0 Å².